The smallest absolute Gasteiger partial charge is 0.161 e. The van der Waals surface area contributed by atoms with Crippen LogP contribution < -0.4 is 0 Å². The third-order valence-electron chi connectivity index (χ3n) is 4.00. The van der Waals surface area contributed by atoms with Crippen molar-refractivity contribution in [3.8, 4) is 0 Å². The SMILES string of the molecule is CC(=O)c1c(Cc2[nH]c(C)c(C=O)c2C)[nH]c(C)c1C. The lowest BCUT2D eigenvalue weighted by Crippen LogP contribution is -2.01. The number of nitrogens with one attached hydrogen (secondary N) is 2. The highest BCUT2D eigenvalue weighted by Gasteiger charge is 2.18. The number of carbonyl (C=O) groups excluding carboxylic acids is 2. The molecule has 106 valence electrons. The van der Waals surface area contributed by atoms with Crippen LogP contribution in [0.2, 0.25) is 0 Å². The van der Waals surface area contributed by atoms with Gasteiger partial charge in [0, 0.05) is 40.3 Å². The minimum atomic E-state index is 0.0680. The summed E-state index contributed by atoms with van der Waals surface area (Å²) in [5.41, 5.74) is 7.22. The Morgan fingerprint density at radius 3 is 2.10 bits per heavy atom. The summed E-state index contributed by atoms with van der Waals surface area (Å²) in [7, 11) is 0. The Morgan fingerprint density at radius 1 is 1.00 bits per heavy atom. The fourth-order valence-corrected chi connectivity index (χ4v) is 2.77. The van der Waals surface area contributed by atoms with Gasteiger partial charge in [-0.15, -0.1) is 0 Å². The van der Waals surface area contributed by atoms with Crippen molar-refractivity contribution in [3.63, 3.8) is 0 Å². The number of H-pyrrole nitrogens is 2. The molecule has 2 N–H and O–H groups in total. The number of hydrogen-bond acceptors (Lipinski definition) is 2. The van der Waals surface area contributed by atoms with Crippen molar-refractivity contribution in [2.75, 3.05) is 0 Å². The van der Waals surface area contributed by atoms with Crippen LogP contribution in [0.4, 0.5) is 0 Å². The molecule has 0 aliphatic carbocycles. The van der Waals surface area contributed by atoms with E-state index in [0.717, 1.165) is 45.8 Å². The fourth-order valence-electron chi connectivity index (χ4n) is 2.77. The third-order valence-corrected chi connectivity index (χ3v) is 4.00. The van der Waals surface area contributed by atoms with E-state index in [1.54, 1.807) is 6.92 Å². The maximum absolute atomic E-state index is 11.8. The van der Waals surface area contributed by atoms with Crippen LogP contribution in [0.1, 0.15) is 61.5 Å². The van der Waals surface area contributed by atoms with Gasteiger partial charge in [0.05, 0.1) is 0 Å². The normalized spacial score (nSPS) is 10.8. The van der Waals surface area contributed by atoms with Gasteiger partial charge in [0.1, 0.15) is 0 Å². The summed E-state index contributed by atoms with van der Waals surface area (Å²) in [4.78, 5) is 29.4. The Morgan fingerprint density at radius 2 is 1.60 bits per heavy atom. The number of hydrogen-bond donors (Lipinski definition) is 2. The molecule has 0 amide bonds. The third kappa shape index (κ3) is 2.22. The molecule has 4 heteroatoms. The number of rotatable bonds is 4. The molecule has 0 aliphatic rings. The highest BCUT2D eigenvalue weighted by molar-refractivity contribution is 5.97. The first-order chi connectivity index (χ1) is 9.36. The summed E-state index contributed by atoms with van der Waals surface area (Å²) < 4.78 is 0. The Hall–Kier alpha value is -2.10. The molecule has 4 nitrogen and oxygen atoms in total. The first-order valence-corrected chi connectivity index (χ1v) is 6.69. The van der Waals surface area contributed by atoms with E-state index in [2.05, 4.69) is 9.97 Å². The topological polar surface area (TPSA) is 65.7 Å². The van der Waals surface area contributed by atoms with Crippen LogP contribution in [0.3, 0.4) is 0 Å². The minimum absolute atomic E-state index is 0.0680. The highest BCUT2D eigenvalue weighted by Crippen LogP contribution is 2.24. The maximum atomic E-state index is 11.8. The van der Waals surface area contributed by atoms with E-state index in [9.17, 15) is 9.59 Å². The maximum Gasteiger partial charge on any atom is 0.161 e. The Bertz CT molecular complexity index is 690. The van der Waals surface area contributed by atoms with Crippen molar-refractivity contribution < 1.29 is 9.59 Å². The molecule has 0 radical (unpaired) electrons. The molecule has 0 aliphatic heterocycles. The van der Waals surface area contributed by atoms with Gasteiger partial charge >= 0.3 is 0 Å². The van der Waals surface area contributed by atoms with Crippen molar-refractivity contribution in [1.82, 2.24) is 9.97 Å². The van der Waals surface area contributed by atoms with Crippen LogP contribution in [-0.4, -0.2) is 22.0 Å². The van der Waals surface area contributed by atoms with Crippen LogP contribution in [-0.2, 0) is 6.42 Å². The van der Waals surface area contributed by atoms with E-state index in [-0.39, 0.29) is 5.78 Å². The monoisotopic (exact) mass is 272 g/mol. The van der Waals surface area contributed by atoms with Gasteiger partial charge in [0.2, 0.25) is 0 Å². The molecule has 2 aromatic rings. The first-order valence-electron chi connectivity index (χ1n) is 6.69. The van der Waals surface area contributed by atoms with Gasteiger partial charge in [-0.25, -0.2) is 0 Å². The molecule has 0 fully saturated rings. The zero-order chi connectivity index (χ0) is 15.0. The Labute approximate surface area is 118 Å². The quantitative estimate of drug-likeness (QED) is 0.663. The van der Waals surface area contributed by atoms with Crippen LogP contribution >= 0.6 is 0 Å². The van der Waals surface area contributed by atoms with Crippen molar-refractivity contribution in [3.05, 3.63) is 45.0 Å². The Balaban J connectivity index is 2.48. The van der Waals surface area contributed by atoms with Crippen molar-refractivity contribution >= 4 is 12.1 Å². The minimum Gasteiger partial charge on any atom is -0.361 e. The predicted octanol–water partition coefficient (Wildman–Crippen LogP) is 3.18. The number of aromatic nitrogens is 2. The molecule has 20 heavy (non-hydrogen) atoms. The molecular formula is C16H20N2O2. The van der Waals surface area contributed by atoms with Gasteiger partial charge in [-0.3, -0.25) is 9.59 Å². The standard InChI is InChI=1S/C16H20N2O2/c1-8-10(3)17-15(16(8)12(5)20)6-14-9(2)13(7-19)11(4)18-14/h7,17-18H,6H2,1-5H3. The van der Waals surface area contributed by atoms with Crippen LogP contribution in [0.15, 0.2) is 0 Å². The van der Waals surface area contributed by atoms with Crippen LogP contribution in [0.5, 0.6) is 0 Å². The zero-order valence-electron chi connectivity index (χ0n) is 12.6. The number of aryl methyl sites for hydroxylation is 2. The summed E-state index contributed by atoms with van der Waals surface area (Å²) in [6.07, 6.45) is 1.48. The van der Waals surface area contributed by atoms with Gasteiger partial charge < -0.3 is 9.97 Å². The molecule has 0 atom stereocenters. The molecule has 0 saturated heterocycles. The summed E-state index contributed by atoms with van der Waals surface area (Å²) in [6.45, 7) is 9.32. The van der Waals surface area contributed by atoms with E-state index >= 15 is 0 Å². The summed E-state index contributed by atoms with van der Waals surface area (Å²) in [6, 6.07) is 0. The van der Waals surface area contributed by atoms with Crippen molar-refractivity contribution in [2.24, 2.45) is 0 Å². The Kier molecular flexibility index (Phi) is 3.66. The summed E-state index contributed by atoms with van der Waals surface area (Å²) >= 11 is 0. The second-order valence-corrected chi connectivity index (χ2v) is 5.35. The lowest BCUT2D eigenvalue weighted by molar-refractivity contribution is 0.101. The van der Waals surface area contributed by atoms with E-state index in [1.807, 2.05) is 27.7 Å². The molecule has 2 heterocycles. The lowest BCUT2D eigenvalue weighted by Gasteiger charge is -2.03. The number of Topliss-reactive ketones (excluding diaryl/α,β-unsaturated/α-hetero) is 1. The van der Waals surface area contributed by atoms with E-state index in [1.165, 1.54) is 0 Å². The second kappa shape index (κ2) is 5.12. The number of carbonyl (C=O) groups is 2. The predicted molar refractivity (Wildman–Crippen MR) is 78.7 cm³/mol. The molecule has 0 unspecified atom stereocenters. The van der Waals surface area contributed by atoms with E-state index < -0.39 is 0 Å². The molecule has 0 saturated carbocycles. The van der Waals surface area contributed by atoms with E-state index in [4.69, 9.17) is 0 Å². The second-order valence-electron chi connectivity index (χ2n) is 5.35. The molecular weight excluding hydrogens is 252 g/mol. The van der Waals surface area contributed by atoms with Crippen LogP contribution in [0, 0.1) is 27.7 Å². The number of aldehydes is 1. The van der Waals surface area contributed by atoms with Crippen molar-refractivity contribution in [2.45, 2.75) is 41.0 Å². The van der Waals surface area contributed by atoms with Crippen molar-refractivity contribution in [1.29, 1.82) is 0 Å². The highest BCUT2D eigenvalue weighted by atomic mass is 16.1. The van der Waals surface area contributed by atoms with E-state index in [0.29, 0.717) is 12.0 Å². The molecule has 0 bridgehead atoms. The van der Waals surface area contributed by atoms with Crippen LogP contribution in [0.25, 0.3) is 0 Å². The van der Waals surface area contributed by atoms with Gasteiger partial charge in [-0.2, -0.15) is 0 Å². The first kappa shape index (κ1) is 14.3. The summed E-state index contributed by atoms with van der Waals surface area (Å²) in [5.74, 6) is 0.0680. The molecule has 2 aromatic heterocycles. The van der Waals surface area contributed by atoms with Gasteiger partial charge in [-0.1, -0.05) is 0 Å². The average molecular weight is 272 g/mol. The largest absolute Gasteiger partial charge is 0.361 e. The molecule has 0 aromatic carbocycles. The summed E-state index contributed by atoms with van der Waals surface area (Å²) in [5, 5.41) is 0. The number of ketones is 1. The fraction of sp³-hybridized carbons (Fsp3) is 0.375. The molecule has 2 rings (SSSR count). The van der Waals surface area contributed by atoms with Gasteiger partial charge in [0.25, 0.3) is 0 Å². The van der Waals surface area contributed by atoms with Gasteiger partial charge in [0.15, 0.2) is 12.1 Å². The number of aromatic amines is 2. The average Bonchev–Trinajstić information content (AvgIpc) is 2.78. The van der Waals surface area contributed by atoms with Gasteiger partial charge in [-0.05, 0) is 45.7 Å². The molecule has 0 spiro atoms. The zero-order valence-corrected chi connectivity index (χ0v) is 12.6. The lowest BCUT2D eigenvalue weighted by atomic mass is 10.0.